The molecule has 1 N–H and O–H groups in total. The molecule has 0 amide bonds. The van der Waals surface area contributed by atoms with Crippen molar-refractivity contribution in [3.8, 4) is 0 Å². The van der Waals surface area contributed by atoms with Crippen LogP contribution in [0.15, 0.2) is 0 Å². The summed E-state index contributed by atoms with van der Waals surface area (Å²) in [7, 11) is 0. The first-order valence-electron chi connectivity index (χ1n) is 3.90. The maximum absolute atomic E-state index is 9.36. The summed E-state index contributed by atoms with van der Waals surface area (Å²) in [5, 5.41) is 9.36. The predicted octanol–water partition coefficient (Wildman–Crippen LogP) is 1.80. The van der Waals surface area contributed by atoms with E-state index in [2.05, 4.69) is 13.8 Å². The Kier molecular flexibility index (Phi) is 2.12. The van der Waals surface area contributed by atoms with E-state index in [0.29, 0.717) is 11.8 Å². The third-order valence-electron chi connectivity index (χ3n) is 2.39. The lowest BCUT2D eigenvalue weighted by molar-refractivity contribution is 0.108. The van der Waals surface area contributed by atoms with E-state index in [1.165, 1.54) is 12.8 Å². The quantitative estimate of drug-likeness (QED) is 0.571. The molecular formula is C8H16O. The second kappa shape index (κ2) is 2.70. The second-order valence-electron chi connectivity index (χ2n) is 3.41. The van der Waals surface area contributed by atoms with Gasteiger partial charge in [-0.05, 0) is 24.7 Å². The van der Waals surface area contributed by atoms with Gasteiger partial charge in [0, 0.05) is 0 Å². The molecule has 0 aromatic heterocycles. The Morgan fingerprint density at radius 1 is 1.33 bits per heavy atom. The zero-order valence-electron chi connectivity index (χ0n) is 6.30. The van der Waals surface area contributed by atoms with Gasteiger partial charge in [-0.2, -0.15) is 0 Å². The van der Waals surface area contributed by atoms with E-state index in [-0.39, 0.29) is 6.10 Å². The summed E-state index contributed by atoms with van der Waals surface area (Å²) in [5.74, 6) is 1.26. The standard InChI is InChI=1S/C8H16O/c1-6(2)7-4-3-5-8(7)9/h6-9H,3-5H2,1-2H3/t7-,8-/m0/s1. The van der Waals surface area contributed by atoms with E-state index in [0.717, 1.165) is 6.42 Å². The fourth-order valence-corrected chi connectivity index (χ4v) is 1.75. The van der Waals surface area contributed by atoms with Gasteiger partial charge in [-0.15, -0.1) is 0 Å². The van der Waals surface area contributed by atoms with E-state index in [4.69, 9.17) is 0 Å². The summed E-state index contributed by atoms with van der Waals surface area (Å²) in [6.07, 6.45) is 3.50. The number of aliphatic hydroxyl groups excluding tert-OH is 1. The van der Waals surface area contributed by atoms with E-state index >= 15 is 0 Å². The molecule has 0 spiro atoms. The fraction of sp³-hybridized carbons (Fsp3) is 1.00. The van der Waals surface area contributed by atoms with Crippen LogP contribution < -0.4 is 0 Å². The maximum atomic E-state index is 9.36. The van der Waals surface area contributed by atoms with Gasteiger partial charge in [0.1, 0.15) is 0 Å². The van der Waals surface area contributed by atoms with Gasteiger partial charge >= 0.3 is 0 Å². The van der Waals surface area contributed by atoms with Gasteiger partial charge in [0.15, 0.2) is 0 Å². The van der Waals surface area contributed by atoms with E-state index in [9.17, 15) is 5.11 Å². The molecule has 1 heteroatoms. The second-order valence-corrected chi connectivity index (χ2v) is 3.41. The summed E-state index contributed by atoms with van der Waals surface area (Å²) < 4.78 is 0. The first-order valence-corrected chi connectivity index (χ1v) is 3.90. The topological polar surface area (TPSA) is 20.2 Å². The van der Waals surface area contributed by atoms with E-state index < -0.39 is 0 Å². The summed E-state index contributed by atoms with van der Waals surface area (Å²) in [4.78, 5) is 0. The highest BCUT2D eigenvalue weighted by Gasteiger charge is 2.27. The van der Waals surface area contributed by atoms with Crippen LogP contribution in [0.2, 0.25) is 0 Å². The van der Waals surface area contributed by atoms with Crippen LogP contribution in [0.4, 0.5) is 0 Å². The molecule has 2 atom stereocenters. The Labute approximate surface area is 57.1 Å². The van der Waals surface area contributed by atoms with Crippen LogP contribution in [0.5, 0.6) is 0 Å². The molecule has 9 heavy (non-hydrogen) atoms. The van der Waals surface area contributed by atoms with Crippen LogP contribution in [0.1, 0.15) is 33.1 Å². The first kappa shape index (κ1) is 7.07. The molecule has 54 valence electrons. The zero-order chi connectivity index (χ0) is 6.85. The van der Waals surface area contributed by atoms with Crippen molar-refractivity contribution >= 4 is 0 Å². The van der Waals surface area contributed by atoms with Crippen molar-refractivity contribution in [2.75, 3.05) is 0 Å². The van der Waals surface area contributed by atoms with E-state index in [1.54, 1.807) is 0 Å². The fourth-order valence-electron chi connectivity index (χ4n) is 1.75. The molecule has 1 fully saturated rings. The SMILES string of the molecule is CC(C)[C@@H]1CCC[C@@H]1O. The monoisotopic (exact) mass is 128 g/mol. The van der Waals surface area contributed by atoms with Crippen LogP contribution in [0.25, 0.3) is 0 Å². The highest BCUT2D eigenvalue weighted by Crippen LogP contribution is 2.30. The average molecular weight is 128 g/mol. The average Bonchev–Trinajstić information content (AvgIpc) is 2.13. The molecule has 0 aromatic rings. The van der Waals surface area contributed by atoms with Crippen LogP contribution in [0.3, 0.4) is 0 Å². The Hall–Kier alpha value is -0.0400. The molecule has 1 nitrogen and oxygen atoms in total. The predicted molar refractivity (Wildman–Crippen MR) is 38.2 cm³/mol. The molecule has 0 aliphatic heterocycles. The van der Waals surface area contributed by atoms with Gasteiger partial charge in [0.05, 0.1) is 6.10 Å². The molecule has 1 saturated carbocycles. The Morgan fingerprint density at radius 3 is 2.22 bits per heavy atom. The summed E-state index contributed by atoms with van der Waals surface area (Å²) in [6.45, 7) is 4.39. The van der Waals surface area contributed by atoms with Gasteiger partial charge in [-0.25, -0.2) is 0 Å². The van der Waals surface area contributed by atoms with Gasteiger partial charge in [-0.3, -0.25) is 0 Å². The molecular weight excluding hydrogens is 112 g/mol. The van der Waals surface area contributed by atoms with Crippen molar-refractivity contribution in [2.45, 2.75) is 39.2 Å². The third kappa shape index (κ3) is 1.45. The minimum atomic E-state index is 0.00463. The van der Waals surface area contributed by atoms with Crippen LogP contribution >= 0.6 is 0 Å². The highest BCUT2D eigenvalue weighted by molar-refractivity contribution is 4.78. The molecule has 0 bridgehead atoms. The van der Waals surface area contributed by atoms with Crippen molar-refractivity contribution in [3.05, 3.63) is 0 Å². The summed E-state index contributed by atoms with van der Waals surface area (Å²) in [5.41, 5.74) is 0. The number of hydrogen-bond donors (Lipinski definition) is 1. The molecule has 1 aliphatic rings. The summed E-state index contributed by atoms with van der Waals surface area (Å²) >= 11 is 0. The maximum Gasteiger partial charge on any atom is 0.0570 e. The Balaban J connectivity index is 2.40. The lowest BCUT2D eigenvalue weighted by Crippen LogP contribution is -2.18. The summed E-state index contributed by atoms with van der Waals surface area (Å²) in [6, 6.07) is 0. The van der Waals surface area contributed by atoms with Crippen LogP contribution in [-0.2, 0) is 0 Å². The van der Waals surface area contributed by atoms with Gasteiger partial charge in [0.25, 0.3) is 0 Å². The lowest BCUT2D eigenvalue weighted by atomic mass is 9.93. The van der Waals surface area contributed by atoms with Crippen molar-refractivity contribution in [1.82, 2.24) is 0 Å². The molecule has 0 radical (unpaired) electrons. The normalized spacial score (nSPS) is 36.0. The van der Waals surface area contributed by atoms with Gasteiger partial charge in [0.2, 0.25) is 0 Å². The van der Waals surface area contributed by atoms with Crippen LogP contribution in [0, 0.1) is 11.8 Å². The zero-order valence-corrected chi connectivity index (χ0v) is 6.30. The molecule has 0 aromatic carbocycles. The molecule has 1 aliphatic carbocycles. The van der Waals surface area contributed by atoms with Gasteiger partial charge < -0.3 is 5.11 Å². The lowest BCUT2D eigenvalue weighted by Gasteiger charge is -2.17. The number of rotatable bonds is 1. The largest absolute Gasteiger partial charge is 0.393 e. The number of hydrogen-bond acceptors (Lipinski definition) is 1. The smallest absolute Gasteiger partial charge is 0.0570 e. The highest BCUT2D eigenvalue weighted by atomic mass is 16.3. The molecule has 0 unspecified atom stereocenters. The first-order chi connectivity index (χ1) is 4.22. The molecule has 1 rings (SSSR count). The minimum Gasteiger partial charge on any atom is -0.393 e. The minimum absolute atomic E-state index is 0.00463. The van der Waals surface area contributed by atoms with E-state index in [1.807, 2.05) is 0 Å². The van der Waals surface area contributed by atoms with Crippen molar-refractivity contribution in [2.24, 2.45) is 11.8 Å². The number of aliphatic hydroxyl groups is 1. The Bertz CT molecular complexity index is 88.6. The van der Waals surface area contributed by atoms with Crippen molar-refractivity contribution < 1.29 is 5.11 Å². The third-order valence-corrected chi connectivity index (χ3v) is 2.39. The molecule has 0 saturated heterocycles. The molecule has 0 heterocycles. The van der Waals surface area contributed by atoms with Crippen molar-refractivity contribution in [1.29, 1.82) is 0 Å². The van der Waals surface area contributed by atoms with Crippen molar-refractivity contribution in [3.63, 3.8) is 0 Å². The van der Waals surface area contributed by atoms with Crippen LogP contribution in [-0.4, -0.2) is 11.2 Å². The Morgan fingerprint density at radius 2 is 2.00 bits per heavy atom. The van der Waals surface area contributed by atoms with Gasteiger partial charge in [-0.1, -0.05) is 20.3 Å².